The van der Waals surface area contributed by atoms with E-state index in [9.17, 15) is 19.2 Å². The quantitative estimate of drug-likeness (QED) is 0.102. The Balaban J connectivity index is 1.33. The minimum atomic E-state index is -1.29. The number of nitrogens with zero attached hydrogens (tertiary/aromatic N) is 1. The van der Waals surface area contributed by atoms with E-state index < -0.39 is 36.0 Å². The van der Waals surface area contributed by atoms with Gasteiger partial charge in [0.1, 0.15) is 33.2 Å². The Labute approximate surface area is 309 Å². The third kappa shape index (κ3) is 9.73. The van der Waals surface area contributed by atoms with Crippen molar-refractivity contribution in [2.24, 2.45) is 29.4 Å². The molecule has 1 aromatic carbocycles. The van der Waals surface area contributed by atoms with E-state index in [4.69, 9.17) is 36.6 Å². The molecule has 276 valence electrons. The van der Waals surface area contributed by atoms with E-state index in [0.29, 0.717) is 63.0 Å². The molecule has 2 heterocycles. The molecule has 51 heavy (non-hydrogen) atoms. The number of carbonyl (C=O) groups is 4. The van der Waals surface area contributed by atoms with Crippen molar-refractivity contribution in [1.82, 2.24) is 10.2 Å². The molecule has 2 aromatic rings. The summed E-state index contributed by atoms with van der Waals surface area (Å²) in [6, 6.07) is 8.24. The van der Waals surface area contributed by atoms with Crippen molar-refractivity contribution in [1.29, 1.82) is 0 Å². The Morgan fingerprint density at radius 3 is 2.39 bits per heavy atom. The highest BCUT2D eigenvalue weighted by molar-refractivity contribution is 8.26. The highest BCUT2D eigenvalue weighted by atomic mass is 32.2. The number of methoxy groups -OCH3 is 1. The monoisotopic (exact) mass is 739 g/mol. The van der Waals surface area contributed by atoms with Gasteiger partial charge in [-0.25, -0.2) is 9.59 Å². The molecule has 0 radical (unpaired) electrons. The first-order valence-electron chi connectivity index (χ1n) is 17.6. The molecule has 3 fully saturated rings. The van der Waals surface area contributed by atoms with Gasteiger partial charge in [-0.2, -0.15) is 0 Å². The van der Waals surface area contributed by atoms with Gasteiger partial charge in [0.05, 0.1) is 25.0 Å². The first kappa shape index (κ1) is 38.4. The Morgan fingerprint density at radius 1 is 1.12 bits per heavy atom. The van der Waals surface area contributed by atoms with Crippen molar-refractivity contribution in [3.63, 3.8) is 0 Å². The number of carbonyl (C=O) groups excluding carboxylic acids is 4. The molecule has 0 unspecified atom stereocenters. The third-order valence-corrected chi connectivity index (χ3v) is 10.9. The zero-order chi connectivity index (χ0) is 37.0. The standard InChI is InChI=1S/C38H49N3O8S2/c1-21-13-25-15-22(2)16-26(14-21)33(25)41-34(43)31(51-37(41)50)20-30-24(18-29(48-30)23-9-7-11-27(17-23)46-6)10-8-12-47-35(44)28(19-32(39)42)40-36(45)49-38(3,4)5/h7,9,11,17-18,20-22,25-26,28,33H,8,10,12-16,19H2,1-6H3,(H2,39,42)(H,40,45)/b31-20-/t21?,22?,25?,26?,28-,33?/m1/s1. The van der Waals surface area contributed by atoms with Crippen LogP contribution < -0.4 is 15.8 Å². The summed E-state index contributed by atoms with van der Waals surface area (Å²) in [4.78, 5) is 53.3. The van der Waals surface area contributed by atoms with Crippen molar-refractivity contribution >= 4 is 58.3 Å². The van der Waals surface area contributed by atoms with Crippen LogP contribution in [0, 0.1) is 23.7 Å². The minimum Gasteiger partial charge on any atom is -0.497 e. The number of nitrogens with two attached hydrogens (primary N) is 1. The molecule has 1 aromatic heterocycles. The second-order valence-electron chi connectivity index (χ2n) is 15.1. The first-order valence-corrected chi connectivity index (χ1v) is 18.8. The van der Waals surface area contributed by atoms with Crippen LogP contribution in [0.2, 0.25) is 0 Å². The Kier molecular flexibility index (Phi) is 12.2. The van der Waals surface area contributed by atoms with Gasteiger partial charge in [0.25, 0.3) is 5.91 Å². The number of benzene rings is 1. The fourth-order valence-electron chi connectivity index (χ4n) is 7.73. The van der Waals surface area contributed by atoms with Crippen LogP contribution in [0.5, 0.6) is 5.75 Å². The van der Waals surface area contributed by atoms with Crippen LogP contribution in [-0.2, 0) is 30.3 Å². The number of primary amides is 1. The van der Waals surface area contributed by atoms with Gasteiger partial charge >= 0.3 is 12.1 Å². The van der Waals surface area contributed by atoms with Gasteiger partial charge in [-0.05, 0) is 107 Å². The third-order valence-electron chi connectivity index (χ3n) is 9.58. The van der Waals surface area contributed by atoms with Crippen LogP contribution in [0.25, 0.3) is 17.4 Å². The molecule has 3 aliphatic rings. The van der Waals surface area contributed by atoms with Gasteiger partial charge in [0.2, 0.25) is 5.91 Å². The lowest BCUT2D eigenvalue weighted by molar-refractivity contribution is -0.147. The normalized spacial score (nSPS) is 24.7. The summed E-state index contributed by atoms with van der Waals surface area (Å²) in [5, 5.41) is 2.38. The molecule has 2 saturated carbocycles. The number of rotatable bonds is 12. The van der Waals surface area contributed by atoms with Crippen LogP contribution in [0.4, 0.5) is 4.79 Å². The molecule has 1 atom stereocenters. The Hall–Kier alpha value is -3.84. The van der Waals surface area contributed by atoms with E-state index >= 15 is 0 Å². The number of hydrogen-bond donors (Lipinski definition) is 2. The maximum atomic E-state index is 14.1. The minimum absolute atomic E-state index is 0.00732. The summed E-state index contributed by atoms with van der Waals surface area (Å²) in [6.07, 6.45) is 5.75. The maximum Gasteiger partial charge on any atom is 0.408 e. The summed E-state index contributed by atoms with van der Waals surface area (Å²) in [6.45, 7) is 9.67. The topological polar surface area (TPSA) is 150 Å². The van der Waals surface area contributed by atoms with E-state index in [1.165, 1.54) is 11.8 Å². The number of fused-ring (bicyclic) bond motifs is 2. The molecule has 1 aliphatic heterocycles. The van der Waals surface area contributed by atoms with E-state index in [2.05, 4.69) is 19.2 Å². The predicted octanol–water partition coefficient (Wildman–Crippen LogP) is 6.86. The lowest BCUT2D eigenvalue weighted by Crippen LogP contribution is -2.54. The molecule has 1 saturated heterocycles. The average Bonchev–Trinajstić information content (AvgIpc) is 3.56. The largest absolute Gasteiger partial charge is 0.497 e. The summed E-state index contributed by atoms with van der Waals surface area (Å²) in [5.74, 6) is 2.30. The summed E-state index contributed by atoms with van der Waals surface area (Å²) in [5.41, 5.74) is 6.13. The van der Waals surface area contributed by atoms with Gasteiger partial charge in [-0.1, -0.05) is 50.0 Å². The molecule has 3 amide bonds. The van der Waals surface area contributed by atoms with E-state index in [1.807, 2.05) is 35.2 Å². The Morgan fingerprint density at radius 2 is 1.78 bits per heavy atom. The predicted molar refractivity (Wildman–Crippen MR) is 200 cm³/mol. The molecule has 5 rings (SSSR count). The number of nitrogens with one attached hydrogen (secondary N) is 1. The number of furan rings is 1. The van der Waals surface area contributed by atoms with Crippen LogP contribution in [-0.4, -0.2) is 64.5 Å². The number of thiocarbonyl (C=S) groups is 1. The molecule has 13 heteroatoms. The summed E-state index contributed by atoms with van der Waals surface area (Å²) < 4.78 is 23.1. The lowest BCUT2D eigenvalue weighted by atomic mass is 9.62. The fourth-order valence-corrected chi connectivity index (χ4v) is 9.05. The van der Waals surface area contributed by atoms with Crippen LogP contribution in [0.1, 0.15) is 84.5 Å². The molecule has 2 bridgehead atoms. The Bertz CT molecular complexity index is 1650. The van der Waals surface area contributed by atoms with Crippen LogP contribution >= 0.6 is 24.0 Å². The molecule has 2 aliphatic carbocycles. The van der Waals surface area contributed by atoms with Gasteiger partial charge in [-0.15, -0.1) is 0 Å². The average molecular weight is 740 g/mol. The van der Waals surface area contributed by atoms with E-state index in [1.54, 1.807) is 34.0 Å². The van der Waals surface area contributed by atoms with Crippen LogP contribution in [0.3, 0.4) is 0 Å². The van der Waals surface area contributed by atoms with Crippen molar-refractivity contribution in [2.75, 3.05) is 13.7 Å². The van der Waals surface area contributed by atoms with Crippen molar-refractivity contribution < 1.29 is 37.8 Å². The van der Waals surface area contributed by atoms with Crippen molar-refractivity contribution in [3.05, 3.63) is 46.6 Å². The second-order valence-corrected chi connectivity index (χ2v) is 16.8. The highest BCUT2D eigenvalue weighted by Gasteiger charge is 2.49. The molecule has 3 N–H and O–H groups in total. The van der Waals surface area contributed by atoms with Gasteiger partial charge in [0.15, 0.2) is 0 Å². The van der Waals surface area contributed by atoms with E-state index in [0.717, 1.165) is 36.8 Å². The van der Waals surface area contributed by atoms with E-state index in [-0.39, 0.29) is 18.6 Å². The number of hydrogen-bond acceptors (Lipinski definition) is 10. The SMILES string of the molecule is COc1cccc(-c2cc(CCCOC(=O)[C@@H](CC(N)=O)NC(=O)OC(C)(C)C)c(/C=C3\SC(=S)N(C4C5CC(C)CC4CC(C)C5)C3=O)o2)c1. The fraction of sp³-hybridized carbons (Fsp3) is 0.553. The molecular weight excluding hydrogens is 691 g/mol. The summed E-state index contributed by atoms with van der Waals surface area (Å²) >= 11 is 7.17. The number of alkyl carbamates (subject to hydrolysis) is 1. The smallest absolute Gasteiger partial charge is 0.408 e. The highest BCUT2D eigenvalue weighted by Crippen LogP contribution is 2.50. The second kappa shape index (κ2) is 16.2. The number of aryl methyl sites for hydroxylation is 1. The van der Waals surface area contributed by atoms with Crippen LogP contribution in [0.15, 0.2) is 39.7 Å². The first-order chi connectivity index (χ1) is 24.1. The number of thioether (sulfide) groups is 1. The number of esters is 1. The lowest BCUT2D eigenvalue weighted by Gasteiger charge is -2.50. The van der Waals surface area contributed by atoms with Gasteiger partial charge in [-0.3, -0.25) is 14.5 Å². The van der Waals surface area contributed by atoms with Gasteiger partial charge in [0, 0.05) is 17.7 Å². The zero-order valence-electron chi connectivity index (χ0n) is 30.2. The number of ether oxygens (including phenoxy) is 3. The molecule has 0 spiro atoms. The van der Waals surface area contributed by atoms with Crippen molar-refractivity contribution in [3.8, 4) is 17.1 Å². The maximum absolute atomic E-state index is 14.1. The summed E-state index contributed by atoms with van der Waals surface area (Å²) in [7, 11) is 1.60. The van der Waals surface area contributed by atoms with Crippen molar-refractivity contribution in [2.45, 2.75) is 97.2 Å². The van der Waals surface area contributed by atoms with Gasteiger partial charge < -0.3 is 29.7 Å². The zero-order valence-corrected chi connectivity index (χ0v) is 31.8. The number of amides is 3. The molecular formula is C38H49N3O8S2. The molecule has 11 nitrogen and oxygen atoms in total.